The van der Waals surface area contributed by atoms with Gasteiger partial charge >= 0.3 is 5.97 Å². The van der Waals surface area contributed by atoms with E-state index in [0.29, 0.717) is 5.69 Å². The molecular weight excluding hydrogens is 222 g/mol. The van der Waals surface area contributed by atoms with Crippen LogP contribution in [0.15, 0.2) is 41.5 Å². The first-order valence-electron chi connectivity index (χ1n) is 4.81. The first-order chi connectivity index (χ1) is 8.22. The van der Waals surface area contributed by atoms with Crippen molar-refractivity contribution in [3.05, 3.63) is 52.7 Å². The molecule has 0 spiro atoms. The van der Waals surface area contributed by atoms with Gasteiger partial charge in [0.2, 0.25) is 0 Å². The lowest BCUT2D eigenvalue weighted by molar-refractivity contribution is 0.0591. The molecule has 0 N–H and O–H groups in total. The molecular formula is C11H9N3O3. The van der Waals surface area contributed by atoms with Gasteiger partial charge < -0.3 is 4.74 Å². The van der Waals surface area contributed by atoms with E-state index in [1.54, 1.807) is 12.1 Å². The van der Waals surface area contributed by atoms with Crippen molar-refractivity contribution in [2.75, 3.05) is 7.11 Å². The Morgan fingerprint density at radius 3 is 2.59 bits per heavy atom. The standard InChI is InChI=1S/C11H9N3O3/c1-17-11(16)9-2-3-10(15)14(13-9)8-4-6-12-7-5-8/h2-7H,1H3. The predicted octanol–water partition coefficient (Wildman–Crippen LogP) is 0.414. The van der Waals surface area contributed by atoms with E-state index in [0.717, 1.165) is 4.68 Å². The van der Waals surface area contributed by atoms with E-state index >= 15 is 0 Å². The highest BCUT2D eigenvalue weighted by Gasteiger charge is 2.10. The summed E-state index contributed by atoms with van der Waals surface area (Å²) >= 11 is 0. The minimum absolute atomic E-state index is 0.0731. The largest absolute Gasteiger partial charge is 0.464 e. The zero-order valence-corrected chi connectivity index (χ0v) is 9.03. The second kappa shape index (κ2) is 4.56. The van der Waals surface area contributed by atoms with Crippen LogP contribution < -0.4 is 5.56 Å². The van der Waals surface area contributed by atoms with Gasteiger partial charge in [0.15, 0.2) is 5.69 Å². The molecule has 0 aromatic carbocycles. The second-order valence-corrected chi connectivity index (χ2v) is 3.17. The normalized spacial score (nSPS) is 9.94. The summed E-state index contributed by atoms with van der Waals surface area (Å²) in [5, 5.41) is 3.92. The van der Waals surface area contributed by atoms with E-state index in [1.807, 2.05) is 0 Å². The fourth-order valence-corrected chi connectivity index (χ4v) is 1.29. The molecule has 0 saturated heterocycles. The smallest absolute Gasteiger partial charge is 0.358 e. The highest BCUT2D eigenvalue weighted by atomic mass is 16.5. The van der Waals surface area contributed by atoms with Crippen LogP contribution in [0.5, 0.6) is 0 Å². The lowest BCUT2D eigenvalue weighted by Gasteiger charge is -2.04. The van der Waals surface area contributed by atoms with Crippen molar-refractivity contribution in [1.29, 1.82) is 0 Å². The van der Waals surface area contributed by atoms with Gasteiger partial charge in [-0.3, -0.25) is 9.78 Å². The van der Waals surface area contributed by atoms with Crippen molar-refractivity contribution in [1.82, 2.24) is 14.8 Å². The number of hydrogen-bond acceptors (Lipinski definition) is 5. The number of carbonyl (C=O) groups excluding carboxylic acids is 1. The summed E-state index contributed by atoms with van der Waals surface area (Å²) in [6, 6.07) is 5.83. The van der Waals surface area contributed by atoms with Gasteiger partial charge in [-0.25, -0.2) is 4.79 Å². The zero-order valence-electron chi connectivity index (χ0n) is 9.03. The summed E-state index contributed by atoms with van der Waals surface area (Å²) in [6.45, 7) is 0. The number of carbonyl (C=O) groups is 1. The lowest BCUT2D eigenvalue weighted by Crippen LogP contribution is -2.23. The van der Waals surface area contributed by atoms with E-state index in [2.05, 4.69) is 14.8 Å². The Labute approximate surface area is 96.5 Å². The Morgan fingerprint density at radius 2 is 1.94 bits per heavy atom. The molecule has 2 rings (SSSR count). The molecule has 0 amide bonds. The summed E-state index contributed by atoms with van der Waals surface area (Å²) in [4.78, 5) is 26.7. The van der Waals surface area contributed by atoms with Gasteiger partial charge in [0.1, 0.15) is 0 Å². The number of esters is 1. The average molecular weight is 231 g/mol. The maximum Gasteiger partial charge on any atom is 0.358 e. The molecule has 0 aliphatic rings. The molecule has 0 saturated carbocycles. The minimum Gasteiger partial charge on any atom is -0.464 e. The number of hydrogen-bond donors (Lipinski definition) is 0. The Hall–Kier alpha value is -2.50. The molecule has 0 aliphatic carbocycles. The van der Waals surface area contributed by atoms with E-state index in [4.69, 9.17) is 0 Å². The SMILES string of the molecule is COC(=O)c1ccc(=O)n(-c2ccncc2)n1. The number of methoxy groups -OCH3 is 1. The first-order valence-corrected chi connectivity index (χ1v) is 4.81. The highest BCUT2D eigenvalue weighted by molar-refractivity contribution is 5.86. The fourth-order valence-electron chi connectivity index (χ4n) is 1.29. The van der Waals surface area contributed by atoms with Crippen LogP contribution in [0.1, 0.15) is 10.5 Å². The van der Waals surface area contributed by atoms with Gasteiger partial charge in [0.05, 0.1) is 12.8 Å². The summed E-state index contributed by atoms with van der Waals surface area (Å²) in [5.41, 5.74) is 0.281. The van der Waals surface area contributed by atoms with Gasteiger partial charge in [-0.2, -0.15) is 9.78 Å². The van der Waals surface area contributed by atoms with Gasteiger partial charge in [0, 0.05) is 18.5 Å². The van der Waals surface area contributed by atoms with Crippen LogP contribution in [0.2, 0.25) is 0 Å². The van der Waals surface area contributed by atoms with Crippen molar-refractivity contribution >= 4 is 5.97 Å². The predicted molar refractivity (Wildman–Crippen MR) is 59.0 cm³/mol. The van der Waals surface area contributed by atoms with Crippen LogP contribution in [-0.2, 0) is 4.74 Å². The third-order valence-electron chi connectivity index (χ3n) is 2.10. The van der Waals surface area contributed by atoms with Crippen molar-refractivity contribution < 1.29 is 9.53 Å². The molecule has 0 bridgehead atoms. The zero-order chi connectivity index (χ0) is 12.3. The van der Waals surface area contributed by atoms with Crippen LogP contribution in [0.25, 0.3) is 5.69 Å². The Morgan fingerprint density at radius 1 is 1.24 bits per heavy atom. The lowest BCUT2D eigenvalue weighted by atomic mass is 10.3. The molecule has 2 heterocycles. The molecule has 17 heavy (non-hydrogen) atoms. The molecule has 0 atom stereocenters. The van der Waals surface area contributed by atoms with E-state index < -0.39 is 5.97 Å². The van der Waals surface area contributed by atoms with Crippen LogP contribution in [0, 0.1) is 0 Å². The van der Waals surface area contributed by atoms with Crippen LogP contribution in [0.4, 0.5) is 0 Å². The summed E-state index contributed by atoms with van der Waals surface area (Å²) in [7, 11) is 1.26. The van der Waals surface area contributed by atoms with E-state index in [9.17, 15) is 9.59 Å². The van der Waals surface area contributed by atoms with E-state index in [1.165, 1.54) is 31.6 Å². The molecule has 0 unspecified atom stereocenters. The Bertz CT molecular complexity index is 592. The first kappa shape index (κ1) is 11.0. The third kappa shape index (κ3) is 2.20. The fraction of sp³-hybridized carbons (Fsp3) is 0.0909. The molecule has 6 heteroatoms. The van der Waals surface area contributed by atoms with Crippen LogP contribution in [0.3, 0.4) is 0 Å². The Balaban J connectivity index is 2.55. The maximum absolute atomic E-state index is 11.6. The highest BCUT2D eigenvalue weighted by Crippen LogP contribution is 2.01. The number of ether oxygens (including phenoxy) is 1. The van der Waals surface area contributed by atoms with Crippen molar-refractivity contribution in [3.63, 3.8) is 0 Å². The van der Waals surface area contributed by atoms with Gasteiger partial charge in [-0.15, -0.1) is 0 Å². The quantitative estimate of drug-likeness (QED) is 0.700. The average Bonchev–Trinajstić information content (AvgIpc) is 2.39. The topological polar surface area (TPSA) is 74.1 Å². The molecule has 6 nitrogen and oxygen atoms in total. The molecule has 86 valence electrons. The minimum atomic E-state index is -0.590. The molecule has 0 fully saturated rings. The summed E-state index contributed by atoms with van der Waals surface area (Å²) in [6.07, 6.45) is 3.07. The third-order valence-corrected chi connectivity index (χ3v) is 2.10. The second-order valence-electron chi connectivity index (χ2n) is 3.17. The van der Waals surface area contributed by atoms with Gasteiger partial charge in [0.25, 0.3) is 5.56 Å². The van der Waals surface area contributed by atoms with Crippen LogP contribution in [-0.4, -0.2) is 27.8 Å². The summed E-state index contributed by atoms with van der Waals surface area (Å²) in [5.74, 6) is -0.590. The van der Waals surface area contributed by atoms with Crippen molar-refractivity contribution in [3.8, 4) is 5.69 Å². The van der Waals surface area contributed by atoms with Gasteiger partial charge in [-0.1, -0.05) is 0 Å². The van der Waals surface area contributed by atoms with Crippen molar-refractivity contribution in [2.24, 2.45) is 0 Å². The van der Waals surface area contributed by atoms with Crippen LogP contribution >= 0.6 is 0 Å². The maximum atomic E-state index is 11.6. The number of pyridine rings is 1. The molecule has 2 aromatic rings. The summed E-state index contributed by atoms with van der Waals surface area (Å²) < 4.78 is 5.66. The number of rotatable bonds is 2. The van der Waals surface area contributed by atoms with Crippen molar-refractivity contribution in [2.45, 2.75) is 0 Å². The molecule has 0 radical (unpaired) electrons. The Kier molecular flexibility index (Phi) is 2.95. The monoisotopic (exact) mass is 231 g/mol. The van der Waals surface area contributed by atoms with Gasteiger partial charge in [-0.05, 0) is 18.2 Å². The number of aromatic nitrogens is 3. The molecule has 0 aliphatic heterocycles. The molecule has 2 aromatic heterocycles. The van der Waals surface area contributed by atoms with E-state index in [-0.39, 0.29) is 11.3 Å². The number of nitrogens with zero attached hydrogens (tertiary/aromatic N) is 3.